The molecule has 1 heterocycles. The molecule has 0 unspecified atom stereocenters. The lowest BCUT2D eigenvalue weighted by molar-refractivity contribution is -0.129. The zero-order valence-corrected chi connectivity index (χ0v) is 14.4. The average Bonchev–Trinajstić information content (AvgIpc) is 3.41. The maximum absolute atomic E-state index is 12.2. The van der Waals surface area contributed by atoms with Gasteiger partial charge in [-0.25, -0.2) is 0 Å². The van der Waals surface area contributed by atoms with Crippen LogP contribution in [0.2, 0.25) is 0 Å². The van der Waals surface area contributed by atoms with Crippen molar-refractivity contribution in [2.24, 2.45) is 11.8 Å². The molecule has 6 heteroatoms. The van der Waals surface area contributed by atoms with Gasteiger partial charge in [-0.2, -0.15) is 0 Å². The molecule has 1 aromatic carbocycles. The van der Waals surface area contributed by atoms with Crippen LogP contribution in [0.5, 0.6) is 0 Å². The van der Waals surface area contributed by atoms with Crippen molar-refractivity contribution >= 4 is 17.7 Å². The Labute approximate surface area is 148 Å². The quantitative estimate of drug-likeness (QED) is 0.683. The van der Waals surface area contributed by atoms with Crippen LogP contribution in [0.1, 0.15) is 24.8 Å². The van der Waals surface area contributed by atoms with E-state index < -0.39 is 0 Å². The largest absolute Gasteiger partial charge is 0.354 e. The summed E-state index contributed by atoms with van der Waals surface area (Å²) in [5.74, 6) is -0.0875. The fourth-order valence-corrected chi connectivity index (χ4v) is 3.08. The molecule has 1 atom stereocenters. The molecule has 0 spiro atoms. The third kappa shape index (κ3) is 5.05. The van der Waals surface area contributed by atoms with Crippen LogP contribution >= 0.6 is 0 Å². The maximum atomic E-state index is 12.2. The second kappa shape index (κ2) is 8.14. The van der Waals surface area contributed by atoms with Crippen molar-refractivity contribution in [1.82, 2.24) is 15.5 Å². The summed E-state index contributed by atoms with van der Waals surface area (Å²) in [6, 6.07) is 10.0. The Hall–Kier alpha value is -2.37. The summed E-state index contributed by atoms with van der Waals surface area (Å²) in [6.45, 7) is 1.97. The topological polar surface area (TPSA) is 78.5 Å². The smallest absolute Gasteiger partial charge is 0.225 e. The SMILES string of the molecule is O=C(NCCNC(=O)[C@@H]1CC(=O)N(CCc2ccccc2)C1)C1CC1. The molecular weight excluding hydrogens is 318 g/mol. The highest BCUT2D eigenvalue weighted by molar-refractivity contribution is 5.89. The van der Waals surface area contributed by atoms with Crippen LogP contribution in [0.25, 0.3) is 0 Å². The maximum Gasteiger partial charge on any atom is 0.225 e. The zero-order valence-electron chi connectivity index (χ0n) is 14.4. The number of hydrogen-bond acceptors (Lipinski definition) is 3. The Morgan fingerprint density at radius 1 is 1.00 bits per heavy atom. The lowest BCUT2D eigenvalue weighted by Crippen LogP contribution is -2.38. The molecule has 3 amide bonds. The van der Waals surface area contributed by atoms with Crippen molar-refractivity contribution in [3.8, 4) is 0 Å². The highest BCUT2D eigenvalue weighted by Gasteiger charge is 2.34. The molecule has 1 aliphatic heterocycles. The molecule has 1 aliphatic carbocycles. The van der Waals surface area contributed by atoms with Crippen LogP contribution in [0.3, 0.4) is 0 Å². The second-order valence-electron chi connectivity index (χ2n) is 6.83. The van der Waals surface area contributed by atoms with Crippen LogP contribution in [0.15, 0.2) is 30.3 Å². The number of carbonyl (C=O) groups is 3. The van der Waals surface area contributed by atoms with E-state index in [0.717, 1.165) is 19.3 Å². The fourth-order valence-electron chi connectivity index (χ4n) is 3.08. The Morgan fingerprint density at radius 3 is 2.28 bits per heavy atom. The van der Waals surface area contributed by atoms with E-state index in [4.69, 9.17) is 0 Å². The molecule has 0 bridgehead atoms. The van der Waals surface area contributed by atoms with Crippen molar-refractivity contribution in [2.45, 2.75) is 25.7 Å². The summed E-state index contributed by atoms with van der Waals surface area (Å²) in [5.41, 5.74) is 1.19. The van der Waals surface area contributed by atoms with E-state index in [1.54, 1.807) is 4.90 Å². The molecule has 0 aromatic heterocycles. The third-order valence-electron chi connectivity index (χ3n) is 4.77. The highest BCUT2D eigenvalue weighted by Crippen LogP contribution is 2.28. The van der Waals surface area contributed by atoms with Crippen LogP contribution in [-0.4, -0.2) is 48.8 Å². The molecule has 3 rings (SSSR count). The van der Waals surface area contributed by atoms with Crippen molar-refractivity contribution in [3.05, 3.63) is 35.9 Å². The minimum absolute atomic E-state index is 0.0399. The van der Waals surface area contributed by atoms with Crippen LogP contribution in [0, 0.1) is 11.8 Å². The van der Waals surface area contributed by atoms with E-state index in [9.17, 15) is 14.4 Å². The fraction of sp³-hybridized carbons (Fsp3) is 0.526. The van der Waals surface area contributed by atoms with E-state index in [1.165, 1.54) is 5.56 Å². The lowest BCUT2D eigenvalue weighted by Gasteiger charge is -2.16. The predicted octanol–water partition coefficient (Wildman–Crippen LogP) is 0.720. The number of likely N-dealkylation sites (tertiary alicyclic amines) is 1. The molecule has 134 valence electrons. The van der Waals surface area contributed by atoms with Gasteiger partial charge in [0, 0.05) is 38.5 Å². The third-order valence-corrected chi connectivity index (χ3v) is 4.77. The van der Waals surface area contributed by atoms with Gasteiger partial charge in [-0.3, -0.25) is 14.4 Å². The molecule has 1 aromatic rings. The van der Waals surface area contributed by atoms with Crippen LogP contribution in [-0.2, 0) is 20.8 Å². The molecular formula is C19H25N3O3. The van der Waals surface area contributed by atoms with Gasteiger partial charge in [0.1, 0.15) is 0 Å². The number of carbonyl (C=O) groups excluding carboxylic acids is 3. The number of rotatable bonds is 8. The first-order valence-electron chi connectivity index (χ1n) is 9.00. The molecule has 2 aliphatic rings. The van der Waals surface area contributed by atoms with Gasteiger partial charge in [0.05, 0.1) is 5.92 Å². The van der Waals surface area contributed by atoms with Crippen LogP contribution in [0.4, 0.5) is 0 Å². The van der Waals surface area contributed by atoms with Gasteiger partial charge in [-0.1, -0.05) is 30.3 Å². The Bertz CT molecular complexity index is 628. The predicted molar refractivity (Wildman–Crippen MR) is 93.6 cm³/mol. The summed E-state index contributed by atoms with van der Waals surface area (Å²) in [7, 11) is 0. The summed E-state index contributed by atoms with van der Waals surface area (Å²) >= 11 is 0. The minimum Gasteiger partial charge on any atom is -0.354 e. The first-order chi connectivity index (χ1) is 12.1. The Morgan fingerprint density at radius 2 is 1.64 bits per heavy atom. The van der Waals surface area contributed by atoms with Crippen molar-refractivity contribution < 1.29 is 14.4 Å². The number of nitrogens with zero attached hydrogens (tertiary/aromatic N) is 1. The number of amides is 3. The van der Waals surface area contributed by atoms with E-state index in [2.05, 4.69) is 10.6 Å². The molecule has 2 N–H and O–H groups in total. The van der Waals surface area contributed by atoms with E-state index in [-0.39, 0.29) is 36.0 Å². The average molecular weight is 343 g/mol. The van der Waals surface area contributed by atoms with Crippen molar-refractivity contribution in [3.63, 3.8) is 0 Å². The Balaban J connectivity index is 1.35. The number of nitrogens with one attached hydrogen (secondary N) is 2. The van der Waals surface area contributed by atoms with Gasteiger partial charge < -0.3 is 15.5 Å². The van der Waals surface area contributed by atoms with Gasteiger partial charge in [-0.05, 0) is 24.8 Å². The molecule has 2 fully saturated rings. The van der Waals surface area contributed by atoms with Gasteiger partial charge in [0.2, 0.25) is 17.7 Å². The number of benzene rings is 1. The summed E-state index contributed by atoms with van der Waals surface area (Å²) in [5, 5.41) is 5.64. The van der Waals surface area contributed by atoms with Gasteiger partial charge in [-0.15, -0.1) is 0 Å². The van der Waals surface area contributed by atoms with E-state index in [0.29, 0.717) is 26.2 Å². The molecule has 6 nitrogen and oxygen atoms in total. The monoisotopic (exact) mass is 343 g/mol. The molecule has 25 heavy (non-hydrogen) atoms. The van der Waals surface area contributed by atoms with Gasteiger partial charge in [0.15, 0.2) is 0 Å². The highest BCUT2D eigenvalue weighted by atomic mass is 16.2. The Kier molecular flexibility index (Phi) is 5.68. The molecule has 1 saturated carbocycles. The van der Waals surface area contributed by atoms with Crippen LogP contribution < -0.4 is 10.6 Å². The molecule has 0 radical (unpaired) electrons. The van der Waals surface area contributed by atoms with Gasteiger partial charge >= 0.3 is 0 Å². The van der Waals surface area contributed by atoms with Crippen molar-refractivity contribution in [1.29, 1.82) is 0 Å². The van der Waals surface area contributed by atoms with Crippen molar-refractivity contribution in [2.75, 3.05) is 26.2 Å². The van der Waals surface area contributed by atoms with E-state index >= 15 is 0 Å². The molecule has 1 saturated heterocycles. The van der Waals surface area contributed by atoms with Gasteiger partial charge in [0.25, 0.3) is 0 Å². The minimum atomic E-state index is -0.289. The lowest BCUT2D eigenvalue weighted by atomic mass is 10.1. The number of hydrogen-bond donors (Lipinski definition) is 2. The summed E-state index contributed by atoms with van der Waals surface area (Å²) < 4.78 is 0. The first kappa shape index (κ1) is 17.5. The summed E-state index contributed by atoms with van der Waals surface area (Å²) in [6.07, 6.45) is 3.02. The second-order valence-corrected chi connectivity index (χ2v) is 6.83. The summed E-state index contributed by atoms with van der Waals surface area (Å²) in [4.78, 5) is 37.6. The van der Waals surface area contributed by atoms with E-state index in [1.807, 2.05) is 30.3 Å². The normalized spacial score (nSPS) is 19.8. The zero-order chi connectivity index (χ0) is 17.6. The standard InChI is InChI=1S/C19H25N3O3/c23-17-12-16(13-22(17)11-8-14-4-2-1-3-5-14)19(25)21-10-9-20-18(24)15-6-7-15/h1-5,15-16H,6-13H2,(H,20,24)(H,21,25)/t16-/m1/s1. The first-order valence-corrected chi connectivity index (χ1v) is 9.00.